The van der Waals surface area contributed by atoms with Crippen LogP contribution in [-0.2, 0) is 12.8 Å². The van der Waals surface area contributed by atoms with Gasteiger partial charge in [0.25, 0.3) is 0 Å². The molecule has 1 unspecified atom stereocenters. The van der Waals surface area contributed by atoms with Crippen LogP contribution in [0.15, 0.2) is 18.2 Å². The molecule has 1 heterocycles. The monoisotopic (exact) mass is 257 g/mol. The number of carbonyl (C=O) groups is 1. The highest BCUT2D eigenvalue weighted by atomic mass is 16.2. The fourth-order valence-electron chi connectivity index (χ4n) is 2.92. The van der Waals surface area contributed by atoms with Crippen molar-refractivity contribution < 1.29 is 4.79 Å². The van der Waals surface area contributed by atoms with Crippen molar-refractivity contribution in [2.24, 2.45) is 0 Å². The SMILES string of the molecule is CNC(=O)NC1CCc2c([nH]c3ccc(C)cc23)C1. The summed E-state index contributed by atoms with van der Waals surface area (Å²) in [6, 6.07) is 6.65. The van der Waals surface area contributed by atoms with Crippen LogP contribution in [0, 0.1) is 6.92 Å². The van der Waals surface area contributed by atoms with Crippen LogP contribution in [-0.4, -0.2) is 24.1 Å². The number of benzene rings is 1. The van der Waals surface area contributed by atoms with Crippen molar-refractivity contribution in [1.82, 2.24) is 15.6 Å². The lowest BCUT2D eigenvalue weighted by Crippen LogP contribution is -2.43. The zero-order valence-corrected chi connectivity index (χ0v) is 11.3. The van der Waals surface area contributed by atoms with Gasteiger partial charge in [0.05, 0.1) is 0 Å². The first-order valence-corrected chi connectivity index (χ1v) is 6.75. The smallest absolute Gasteiger partial charge is 0.314 e. The van der Waals surface area contributed by atoms with Crippen LogP contribution in [0.1, 0.15) is 23.2 Å². The quantitative estimate of drug-likeness (QED) is 0.721. The predicted molar refractivity (Wildman–Crippen MR) is 76.4 cm³/mol. The minimum Gasteiger partial charge on any atom is -0.358 e. The number of nitrogens with one attached hydrogen (secondary N) is 3. The Kier molecular flexibility index (Phi) is 2.93. The number of amides is 2. The Labute approximate surface area is 112 Å². The van der Waals surface area contributed by atoms with E-state index >= 15 is 0 Å². The molecule has 3 rings (SSSR count). The van der Waals surface area contributed by atoms with Crippen molar-refractivity contribution in [1.29, 1.82) is 0 Å². The van der Waals surface area contributed by atoms with Gasteiger partial charge in [-0.3, -0.25) is 0 Å². The molecule has 1 aliphatic rings. The number of aromatic nitrogens is 1. The molecule has 0 fully saturated rings. The number of carbonyl (C=O) groups excluding carboxylic acids is 1. The zero-order chi connectivity index (χ0) is 13.4. The summed E-state index contributed by atoms with van der Waals surface area (Å²) < 4.78 is 0. The summed E-state index contributed by atoms with van der Waals surface area (Å²) in [5.41, 5.74) is 5.19. The van der Waals surface area contributed by atoms with E-state index in [-0.39, 0.29) is 12.1 Å². The van der Waals surface area contributed by atoms with Crippen LogP contribution in [0.2, 0.25) is 0 Å². The molecule has 2 aromatic rings. The molecule has 0 spiro atoms. The molecule has 19 heavy (non-hydrogen) atoms. The maximum absolute atomic E-state index is 11.4. The Bertz CT molecular complexity index is 630. The van der Waals surface area contributed by atoms with Crippen LogP contribution >= 0.6 is 0 Å². The van der Waals surface area contributed by atoms with Gasteiger partial charge in [0.2, 0.25) is 0 Å². The van der Waals surface area contributed by atoms with E-state index in [9.17, 15) is 4.79 Å². The van der Waals surface area contributed by atoms with E-state index in [4.69, 9.17) is 0 Å². The Balaban J connectivity index is 1.89. The van der Waals surface area contributed by atoms with Gasteiger partial charge in [-0.05, 0) is 37.5 Å². The highest BCUT2D eigenvalue weighted by Crippen LogP contribution is 2.29. The van der Waals surface area contributed by atoms with Crippen molar-refractivity contribution >= 4 is 16.9 Å². The number of urea groups is 1. The van der Waals surface area contributed by atoms with E-state index in [0.717, 1.165) is 19.3 Å². The van der Waals surface area contributed by atoms with Gasteiger partial charge in [-0.25, -0.2) is 4.79 Å². The van der Waals surface area contributed by atoms with Crippen molar-refractivity contribution in [3.05, 3.63) is 35.0 Å². The molecule has 0 saturated carbocycles. The normalized spacial score (nSPS) is 18.1. The molecule has 1 aliphatic carbocycles. The standard InChI is InChI=1S/C15H19N3O/c1-9-3-6-13-12(7-9)11-5-4-10(8-14(11)18-13)17-15(19)16-2/h3,6-7,10,18H,4-5,8H2,1-2H3,(H2,16,17,19). The second-order valence-electron chi connectivity index (χ2n) is 5.29. The summed E-state index contributed by atoms with van der Waals surface area (Å²) in [5, 5.41) is 6.95. The molecule has 4 nitrogen and oxygen atoms in total. The van der Waals surface area contributed by atoms with Gasteiger partial charge < -0.3 is 15.6 Å². The average Bonchev–Trinajstić information content (AvgIpc) is 2.75. The number of H-pyrrole nitrogens is 1. The minimum atomic E-state index is -0.0968. The number of hydrogen-bond donors (Lipinski definition) is 3. The number of aryl methyl sites for hydroxylation is 2. The minimum absolute atomic E-state index is 0.0968. The Morgan fingerprint density at radius 3 is 3.05 bits per heavy atom. The maximum Gasteiger partial charge on any atom is 0.314 e. The van der Waals surface area contributed by atoms with Gasteiger partial charge in [-0.15, -0.1) is 0 Å². The second kappa shape index (κ2) is 4.61. The van der Waals surface area contributed by atoms with E-state index < -0.39 is 0 Å². The van der Waals surface area contributed by atoms with Crippen LogP contribution in [0.25, 0.3) is 10.9 Å². The van der Waals surface area contributed by atoms with Crippen molar-refractivity contribution in [2.75, 3.05) is 7.05 Å². The largest absolute Gasteiger partial charge is 0.358 e. The molecule has 0 bridgehead atoms. The van der Waals surface area contributed by atoms with Crippen molar-refractivity contribution in [3.63, 3.8) is 0 Å². The Morgan fingerprint density at radius 2 is 2.26 bits per heavy atom. The first kappa shape index (κ1) is 12.1. The van der Waals surface area contributed by atoms with Crippen LogP contribution < -0.4 is 10.6 Å². The highest BCUT2D eigenvalue weighted by molar-refractivity contribution is 5.85. The van der Waals surface area contributed by atoms with Gasteiger partial charge in [0, 0.05) is 36.1 Å². The fourth-order valence-corrected chi connectivity index (χ4v) is 2.92. The average molecular weight is 257 g/mol. The number of hydrogen-bond acceptors (Lipinski definition) is 1. The third-order valence-corrected chi connectivity index (χ3v) is 3.91. The highest BCUT2D eigenvalue weighted by Gasteiger charge is 2.23. The maximum atomic E-state index is 11.4. The van der Waals surface area contributed by atoms with Gasteiger partial charge in [0.1, 0.15) is 0 Å². The third-order valence-electron chi connectivity index (χ3n) is 3.91. The second-order valence-corrected chi connectivity index (χ2v) is 5.29. The molecular weight excluding hydrogens is 238 g/mol. The molecule has 2 amide bonds. The van der Waals surface area contributed by atoms with Crippen LogP contribution in [0.5, 0.6) is 0 Å². The summed E-state index contributed by atoms with van der Waals surface area (Å²) in [6.45, 7) is 2.12. The van der Waals surface area contributed by atoms with E-state index in [1.807, 2.05) is 0 Å². The molecule has 1 atom stereocenters. The van der Waals surface area contributed by atoms with E-state index in [1.54, 1.807) is 7.05 Å². The van der Waals surface area contributed by atoms with E-state index in [0.29, 0.717) is 0 Å². The van der Waals surface area contributed by atoms with Crippen molar-refractivity contribution in [3.8, 4) is 0 Å². The Hall–Kier alpha value is -1.97. The topological polar surface area (TPSA) is 56.9 Å². The van der Waals surface area contributed by atoms with Crippen LogP contribution in [0.4, 0.5) is 4.79 Å². The number of aromatic amines is 1. The molecule has 0 saturated heterocycles. The Morgan fingerprint density at radius 1 is 1.42 bits per heavy atom. The van der Waals surface area contributed by atoms with E-state index in [2.05, 4.69) is 40.7 Å². The summed E-state index contributed by atoms with van der Waals surface area (Å²) in [6.07, 6.45) is 2.91. The zero-order valence-electron chi connectivity index (χ0n) is 11.3. The molecule has 0 radical (unpaired) electrons. The van der Waals surface area contributed by atoms with E-state index in [1.165, 1.54) is 27.7 Å². The molecule has 100 valence electrons. The molecule has 1 aromatic carbocycles. The summed E-state index contributed by atoms with van der Waals surface area (Å²) in [4.78, 5) is 14.9. The summed E-state index contributed by atoms with van der Waals surface area (Å²) in [5.74, 6) is 0. The molecule has 4 heteroatoms. The third kappa shape index (κ3) is 2.18. The molecule has 1 aromatic heterocycles. The lowest BCUT2D eigenvalue weighted by atomic mass is 9.91. The number of fused-ring (bicyclic) bond motifs is 3. The lowest BCUT2D eigenvalue weighted by molar-refractivity contribution is 0.237. The van der Waals surface area contributed by atoms with Gasteiger partial charge >= 0.3 is 6.03 Å². The molecular formula is C15H19N3O. The summed E-state index contributed by atoms with van der Waals surface area (Å²) in [7, 11) is 1.65. The van der Waals surface area contributed by atoms with Crippen molar-refractivity contribution in [2.45, 2.75) is 32.2 Å². The predicted octanol–water partition coefficient (Wildman–Crippen LogP) is 2.26. The lowest BCUT2D eigenvalue weighted by Gasteiger charge is -2.23. The van der Waals surface area contributed by atoms with Gasteiger partial charge in [-0.2, -0.15) is 0 Å². The van der Waals surface area contributed by atoms with Crippen LogP contribution in [0.3, 0.4) is 0 Å². The fraction of sp³-hybridized carbons (Fsp3) is 0.400. The first-order chi connectivity index (χ1) is 9.17. The summed E-state index contributed by atoms with van der Waals surface area (Å²) >= 11 is 0. The number of rotatable bonds is 1. The molecule has 3 N–H and O–H groups in total. The first-order valence-electron chi connectivity index (χ1n) is 6.75. The van der Waals surface area contributed by atoms with Gasteiger partial charge in [0.15, 0.2) is 0 Å². The van der Waals surface area contributed by atoms with Gasteiger partial charge in [-0.1, -0.05) is 11.6 Å². The molecule has 0 aliphatic heterocycles.